The molecule has 1 aromatic carbocycles. The van der Waals surface area contributed by atoms with Crippen molar-refractivity contribution in [1.29, 1.82) is 0 Å². The number of hydrogen-bond acceptors (Lipinski definition) is 5. The molecule has 29 heavy (non-hydrogen) atoms. The highest BCUT2D eigenvalue weighted by molar-refractivity contribution is 6.45. The molecule has 5 amide bonds. The van der Waals surface area contributed by atoms with Gasteiger partial charge in [0, 0.05) is 25.1 Å². The fourth-order valence-electron chi connectivity index (χ4n) is 3.90. The van der Waals surface area contributed by atoms with Gasteiger partial charge in [0.25, 0.3) is 0 Å². The first-order valence-corrected chi connectivity index (χ1v) is 9.85. The molecule has 8 nitrogen and oxygen atoms in total. The standard InChI is InChI=1S/C21H25N3O5/c1-13-5-3-4-6-17(13)24-20(28)19(27)23(21(24)29)12-18(26)16-9-7-15(8-10-16)11-22-14(2)25/h7-10,13,17H,3-6,11-12H2,1-2H3,(H,22,25)/t13-,17-/m0/s1. The SMILES string of the molecule is CC(=O)NCc1ccc(C(=O)CN2C(=O)C(=O)N([C@H]3CCCC[C@@H]3C)C2=O)cc1. The van der Waals surface area contributed by atoms with E-state index in [0.29, 0.717) is 18.5 Å². The third-order valence-corrected chi connectivity index (χ3v) is 5.60. The molecule has 2 atom stereocenters. The van der Waals surface area contributed by atoms with E-state index in [1.54, 1.807) is 24.3 Å². The maximum Gasteiger partial charge on any atom is 0.334 e. The Balaban J connectivity index is 1.68. The molecular weight excluding hydrogens is 374 g/mol. The Bertz CT molecular complexity index is 848. The van der Waals surface area contributed by atoms with Crippen LogP contribution in [0.15, 0.2) is 24.3 Å². The van der Waals surface area contributed by atoms with Crippen molar-refractivity contribution in [2.75, 3.05) is 6.54 Å². The zero-order valence-corrected chi connectivity index (χ0v) is 16.6. The summed E-state index contributed by atoms with van der Waals surface area (Å²) in [7, 11) is 0. The van der Waals surface area contributed by atoms with Crippen molar-refractivity contribution >= 4 is 29.5 Å². The van der Waals surface area contributed by atoms with Crippen molar-refractivity contribution in [1.82, 2.24) is 15.1 Å². The minimum Gasteiger partial charge on any atom is -0.352 e. The summed E-state index contributed by atoms with van der Waals surface area (Å²) in [5.74, 6) is -2.23. The van der Waals surface area contributed by atoms with E-state index in [-0.39, 0.29) is 17.9 Å². The summed E-state index contributed by atoms with van der Waals surface area (Å²) in [5.41, 5.74) is 1.15. The quantitative estimate of drug-likeness (QED) is 0.447. The molecule has 1 N–H and O–H groups in total. The second-order valence-electron chi connectivity index (χ2n) is 7.71. The number of ketones is 1. The molecule has 1 saturated heterocycles. The average molecular weight is 399 g/mol. The second-order valence-corrected chi connectivity index (χ2v) is 7.71. The van der Waals surface area contributed by atoms with Crippen molar-refractivity contribution in [2.45, 2.75) is 52.1 Å². The van der Waals surface area contributed by atoms with Crippen LogP contribution in [0.5, 0.6) is 0 Å². The second kappa shape index (κ2) is 8.55. The van der Waals surface area contributed by atoms with Gasteiger partial charge in [0.1, 0.15) is 0 Å². The Morgan fingerprint density at radius 3 is 2.31 bits per heavy atom. The van der Waals surface area contributed by atoms with E-state index in [1.165, 1.54) is 6.92 Å². The van der Waals surface area contributed by atoms with Gasteiger partial charge in [-0.05, 0) is 24.3 Å². The first kappa shape index (κ1) is 20.7. The number of benzene rings is 1. The van der Waals surface area contributed by atoms with Crippen molar-refractivity contribution in [3.63, 3.8) is 0 Å². The van der Waals surface area contributed by atoms with Gasteiger partial charge in [-0.1, -0.05) is 44.0 Å². The van der Waals surface area contributed by atoms with Crippen LogP contribution in [0.2, 0.25) is 0 Å². The molecule has 0 radical (unpaired) electrons. The first-order chi connectivity index (χ1) is 13.8. The van der Waals surface area contributed by atoms with E-state index >= 15 is 0 Å². The maximum absolute atomic E-state index is 12.8. The molecule has 1 aliphatic carbocycles. The summed E-state index contributed by atoms with van der Waals surface area (Å²) in [4.78, 5) is 62.9. The van der Waals surface area contributed by atoms with Gasteiger partial charge in [-0.15, -0.1) is 0 Å². The summed E-state index contributed by atoms with van der Waals surface area (Å²) < 4.78 is 0. The lowest BCUT2D eigenvalue weighted by Crippen LogP contribution is -2.46. The number of hydrogen-bond donors (Lipinski definition) is 1. The van der Waals surface area contributed by atoms with Crippen molar-refractivity contribution in [3.05, 3.63) is 35.4 Å². The van der Waals surface area contributed by atoms with Crippen molar-refractivity contribution < 1.29 is 24.0 Å². The van der Waals surface area contributed by atoms with Gasteiger partial charge < -0.3 is 5.32 Å². The highest BCUT2D eigenvalue weighted by atomic mass is 16.2. The molecule has 154 valence electrons. The lowest BCUT2D eigenvalue weighted by Gasteiger charge is -2.34. The Labute approximate surface area is 169 Å². The molecule has 8 heteroatoms. The van der Waals surface area contributed by atoms with E-state index in [1.807, 2.05) is 6.92 Å². The van der Waals surface area contributed by atoms with Crippen LogP contribution in [0.3, 0.4) is 0 Å². The number of rotatable bonds is 6. The minimum atomic E-state index is -0.941. The van der Waals surface area contributed by atoms with Gasteiger partial charge in [-0.2, -0.15) is 0 Å². The zero-order chi connectivity index (χ0) is 21.1. The molecule has 3 rings (SSSR count). The predicted molar refractivity (Wildman–Crippen MR) is 104 cm³/mol. The number of nitrogens with zero attached hydrogens (tertiary/aromatic N) is 2. The van der Waals surface area contributed by atoms with Gasteiger partial charge in [-0.25, -0.2) is 9.69 Å². The Hall–Kier alpha value is -3.03. The zero-order valence-electron chi connectivity index (χ0n) is 16.6. The third kappa shape index (κ3) is 4.36. The number of imide groups is 2. The fraction of sp³-hybridized carbons (Fsp3) is 0.476. The molecule has 0 spiro atoms. The fourth-order valence-corrected chi connectivity index (χ4v) is 3.90. The highest BCUT2D eigenvalue weighted by Crippen LogP contribution is 2.31. The van der Waals surface area contributed by atoms with E-state index in [4.69, 9.17) is 0 Å². The van der Waals surface area contributed by atoms with Gasteiger partial charge in [0.15, 0.2) is 5.78 Å². The summed E-state index contributed by atoms with van der Waals surface area (Å²) in [6.07, 6.45) is 3.54. The molecule has 0 aromatic heterocycles. The summed E-state index contributed by atoms with van der Waals surface area (Å²) >= 11 is 0. The van der Waals surface area contributed by atoms with Crippen molar-refractivity contribution in [2.24, 2.45) is 5.92 Å². The van der Waals surface area contributed by atoms with Crippen molar-refractivity contribution in [3.8, 4) is 0 Å². The highest BCUT2D eigenvalue weighted by Gasteiger charge is 2.49. The summed E-state index contributed by atoms with van der Waals surface area (Å²) in [6.45, 7) is 3.27. The van der Waals surface area contributed by atoms with Crippen LogP contribution in [0, 0.1) is 5.92 Å². The van der Waals surface area contributed by atoms with Gasteiger partial charge in [-0.3, -0.25) is 24.1 Å². The van der Waals surface area contributed by atoms with E-state index in [9.17, 15) is 24.0 Å². The molecule has 1 aromatic rings. The molecule has 1 heterocycles. The van der Waals surface area contributed by atoms with E-state index in [0.717, 1.165) is 34.6 Å². The lowest BCUT2D eigenvalue weighted by atomic mass is 9.85. The maximum atomic E-state index is 12.8. The summed E-state index contributed by atoms with van der Waals surface area (Å²) in [5, 5.41) is 2.66. The van der Waals surface area contributed by atoms with Crippen LogP contribution in [0.1, 0.15) is 55.5 Å². The largest absolute Gasteiger partial charge is 0.352 e. The van der Waals surface area contributed by atoms with Crippen LogP contribution in [-0.2, 0) is 20.9 Å². The van der Waals surface area contributed by atoms with Crippen LogP contribution < -0.4 is 5.32 Å². The molecule has 1 saturated carbocycles. The first-order valence-electron chi connectivity index (χ1n) is 9.85. The number of carbonyl (C=O) groups is 5. The van der Waals surface area contributed by atoms with Gasteiger partial charge >= 0.3 is 17.8 Å². The monoisotopic (exact) mass is 399 g/mol. The number of amides is 5. The summed E-state index contributed by atoms with van der Waals surface area (Å²) in [6, 6.07) is 5.55. The molecule has 2 fully saturated rings. The Morgan fingerprint density at radius 2 is 1.69 bits per heavy atom. The number of carbonyl (C=O) groups excluding carboxylic acids is 5. The van der Waals surface area contributed by atoms with Gasteiger partial charge in [0.2, 0.25) is 5.91 Å². The van der Waals surface area contributed by atoms with Crippen LogP contribution in [-0.4, -0.2) is 51.9 Å². The topological polar surface area (TPSA) is 104 Å². The van der Waals surface area contributed by atoms with Crippen LogP contribution in [0.25, 0.3) is 0 Å². The number of nitrogens with one attached hydrogen (secondary N) is 1. The Kier molecular flexibility index (Phi) is 6.10. The van der Waals surface area contributed by atoms with E-state index < -0.39 is 30.2 Å². The normalized spacial score (nSPS) is 22.2. The molecule has 0 bridgehead atoms. The van der Waals surface area contributed by atoms with Gasteiger partial charge in [0.05, 0.1) is 6.54 Å². The molecular formula is C21H25N3O5. The lowest BCUT2D eigenvalue weighted by molar-refractivity contribution is -0.144. The van der Waals surface area contributed by atoms with Crippen LogP contribution in [0.4, 0.5) is 4.79 Å². The Morgan fingerprint density at radius 1 is 1.03 bits per heavy atom. The number of Topliss-reactive ketones (excluding diaryl/α,β-unsaturated/α-hetero) is 1. The number of urea groups is 1. The molecule has 2 aliphatic rings. The smallest absolute Gasteiger partial charge is 0.334 e. The minimum absolute atomic E-state index is 0.135. The van der Waals surface area contributed by atoms with Crippen LogP contribution >= 0.6 is 0 Å². The third-order valence-electron chi connectivity index (χ3n) is 5.60. The molecule has 0 unspecified atom stereocenters. The average Bonchev–Trinajstić information content (AvgIpc) is 2.90. The van der Waals surface area contributed by atoms with E-state index in [2.05, 4.69) is 5.32 Å². The molecule has 1 aliphatic heterocycles. The predicted octanol–water partition coefficient (Wildman–Crippen LogP) is 1.87.